The van der Waals surface area contributed by atoms with Gasteiger partial charge in [-0.1, -0.05) is 11.6 Å². The van der Waals surface area contributed by atoms with Crippen LogP contribution >= 0.6 is 11.6 Å². The fourth-order valence-electron chi connectivity index (χ4n) is 7.86. The van der Waals surface area contributed by atoms with Crippen LogP contribution in [0, 0.1) is 13.8 Å². The van der Waals surface area contributed by atoms with Crippen molar-refractivity contribution >= 4 is 46.1 Å². The van der Waals surface area contributed by atoms with E-state index in [2.05, 4.69) is 59.6 Å². The second-order valence-electron chi connectivity index (χ2n) is 18.3. The fraction of sp³-hybridized carbons (Fsp3) is 0.591. The van der Waals surface area contributed by atoms with Crippen molar-refractivity contribution in [2.24, 2.45) is 14.1 Å². The summed E-state index contributed by atoms with van der Waals surface area (Å²) in [6.45, 7) is 20.8. The maximum Gasteiger partial charge on any atom is 0.407 e. The number of amides is 2. The molecule has 2 fully saturated rings. The molecule has 65 heavy (non-hydrogen) atoms. The summed E-state index contributed by atoms with van der Waals surface area (Å²) in [5.74, 6) is 2.04. The highest BCUT2D eigenvalue weighted by Gasteiger charge is 2.31. The molecule has 0 radical (unpaired) electrons. The van der Waals surface area contributed by atoms with Crippen LogP contribution in [0.2, 0.25) is 5.15 Å². The number of hydrogen-bond donors (Lipinski definition) is 3. The largest absolute Gasteiger partial charge is 0.473 e. The summed E-state index contributed by atoms with van der Waals surface area (Å²) in [6, 6.07) is 0.0776. The molecule has 2 amide bonds. The van der Waals surface area contributed by atoms with Gasteiger partial charge in [-0.25, -0.2) is 34.5 Å². The molecule has 3 N–H and O–H groups in total. The number of nitrogens with zero attached hydrogens (tertiary/aromatic N) is 12. The van der Waals surface area contributed by atoms with E-state index in [4.69, 9.17) is 30.8 Å². The Morgan fingerprint density at radius 2 is 1.20 bits per heavy atom. The van der Waals surface area contributed by atoms with Gasteiger partial charge in [-0.05, 0) is 101 Å². The molecular weight excluding hydrogens is 856 g/mol. The Hall–Kier alpha value is -5.89. The van der Waals surface area contributed by atoms with E-state index in [1.54, 1.807) is 0 Å². The van der Waals surface area contributed by atoms with E-state index >= 15 is 0 Å². The van der Waals surface area contributed by atoms with E-state index in [1.165, 1.54) is 12.7 Å². The van der Waals surface area contributed by atoms with Crippen LogP contribution in [0.4, 0.5) is 9.59 Å². The summed E-state index contributed by atoms with van der Waals surface area (Å²) < 4.78 is 24.4. The van der Waals surface area contributed by atoms with Gasteiger partial charge in [-0.2, -0.15) is 15.2 Å². The van der Waals surface area contributed by atoms with Gasteiger partial charge in [0.2, 0.25) is 5.88 Å². The predicted molar refractivity (Wildman–Crippen MR) is 245 cm³/mol. The van der Waals surface area contributed by atoms with Gasteiger partial charge in [0.15, 0.2) is 22.0 Å². The number of aliphatic hydroxyl groups is 1. The van der Waals surface area contributed by atoms with Crippen molar-refractivity contribution in [2.45, 2.75) is 156 Å². The molecule has 6 aromatic heterocycles. The number of rotatable bonds is 8. The molecule has 8 rings (SSSR count). The molecule has 2 aliphatic carbocycles. The maximum atomic E-state index is 12.1. The lowest BCUT2D eigenvalue weighted by Gasteiger charge is -2.21. The molecule has 0 saturated heterocycles. The van der Waals surface area contributed by atoms with Crippen molar-refractivity contribution in [1.82, 2.24) is 69.2 Å². The van der Waals surface area contributed by atoms with E-state index < -0.39 is 23.4 Å². The zero-order chi connectivity index (χ0) is 47.4. The third-order valence-corrected chi connectivity index (χ3v) is 11.3. The van der Waals surface area contributed by atoms with Crippen molar-refractivity contribution in [3.8, 4) is 28.7 Å². The van der Waals surface area contributed by atoms with Gasteiger partial charge in [-0.3, -0.25) is 9.36 Å². The van der Waals surface area contributed by atoms with Crippen LogP contribution in [0.3, 0.4) is 0 Å². The normalized spacial score (nSPS) is 18.5. The molecule has 0 aliphatic heterocycles. The van der Waals surface area contributed by atoms with Gasteiger partial charge in [-0.15, -0.1) is 0 Å². The molecule has 6 heterocycles. The Morgan fingerprint density at radius 1 is 0.723 bits per heavy atom. The molecule has 4 atom stereocenters. The lowest BCUT2D eigenvalue weighted by molar-refractivity contribution is 0.0490. The molecule has 21 heteroatoms. The van der Waals surface area contributed by atoms with Gasteiger partial charge in [0.05, 0.1) is 29.6 Å². The summed E-state index contributed by atoms with van der Waals surface area (Å²) in [4.78, 5) is 49.7. The first-order valence-corrected chi connectivity index (χ1v) is 22.4. The maximum absolute atomic E-state index is 12.1. The first kappa shape index (κ1) is 48.6. The molecule has 0 spiro atoms. The number of aromatic nitrogens is 12. The van der Waals surface area contributed by atoms with Crippen LogP contribution in [0.15, 0.2) is 25.0 Å². The summed E-state index contributed by atoms with van der Waals surface area (Å²) in [6.07, 6.45) is 10.0. The molecule has 0 aromatic carbocycles. The minimum Gasteiger partial charge on any atom is -0.473 e. The lowest BCUT2D eigenvalue weighted by Crippen LogP contribution is -2.38. The second kappa shape index (κ2) is 20.1. The van der Waals surface area contributed by atoms with E-state index in [0.29, 0.717) is 40.6 Å². The number of hydrogen-bond acceptors (Lipinski definition) is 14. The van der Waals surface area contributed by atoms with Crippen molar-refractivity contribution < 1.29 is 28.9 Å². The molecule has 2 saturated carbocycles. The third kappa shape index (κ3) is 11.9. The van der Waals surface area contributed by atoms with E-state index in [-0.39, 0.29) is 24.3 Å². The number of nitrogens with one attached hydrogen (secondary N) is 2. The molecule has 0 bridgehead atoms. The molecule has 20 nitrogen and oxygen atoms in total. The molecule has 352 valence electrons. The SMILES string of the molecule is CC(C)(C)OC(=O)NC1CCC(O)C1.CCn1ncc(-c2nc3c(Cl)ncnc3n2C)c1C.CCn1ncc(-c2nc3c(OC4CCC(NC(=O)OC(C)(C)C)C4)ncnc3n2C)c1C. The first-order valence-electron chi connectivity index (χ1n) is 22.1. The number of aliphatic hydroxyl groups excluding tert-OH is 1. The fourth-order valence-corrected chi connectivity index (χ4v) is 8.03. The highest BCUT2D eigenvalue weighted by atomic mass is 35.5. The third-order valence-electron chi connectivity index (χ3n) is 11.0. The number of aryl methyl sites for hydroxylation is 4. The van der Waals surface area contributed by atoms with E-state index in [9.17, 15) is 14.7 Å². The van der Waals surface area contributed by atoms with Crippen LogP contribution in [0.25, 0.3) is 45.1 Å². The summed E-state index contributed by atoms with van der Waals surface area (Å²) >= 11 is 6.05. The Labute approximate surface area is 383 Å². The van der Waals surface area contributed by atoms with Gasteiger partial charge < -0.3 is 39.1 Å². The average Bonchev–Trinajstić information content (AvgIpc) is 4.09. The molecule has 6 aromatic rings. The number of fused-ring (bicyclic) bond motifs is 2. The minimum atomic E-state index is -0.520. The minimum absolute atomic E-state index is 0.00834. The monoisotopic (exact) mass is 918 g/mol. The van der Waals surface area contributed by atoms with Crippen molar-refractivity contribution in [3.05, 3.63) is 41.6 Å². The molecular formula is C44H63ClN14O6. The van der Waals surface area contributed by atoms with Crippen molar-refractivity contribution in [3.63, 3.8) is 0 Å². The Bertz CT molecular complexity index is 2600. The number of carbonyl (C=O) groups excluding carboxylic acids is 2. The second-order valence-corrected chi connectivity index (χ2v) is 18.7. The quantitative estimate of drug-likeness (QED) is 0.131. The van der Waals surface area contributed by atoms with Gasteiger partial charge >= 0.3 is 12.2 Å². The van der Waals surface area contributed by atoms with Crippen LogP contribution in [0.1, 0.15) is 105 Å². The zero-order valence-electron chi connectivity index (χ0n) is 39.5. The Kier molecular flexibility index (Phi) is 15.0. The van der Waals surface area contributed by atoms with Crippen molar-refractivity contribution in [2.75, 3.05) is 0 Å². The standard InChI is InChI=1S/C22H31N7O3.C12H13ClN6.C10H19NO3/c1-7-29-13(2)16(11-25-29)18-27-17-19(28(18)6)23-12-24-20(17)31-15-9-8-14(10-15)26-21(30)32-22(3,4)5;1-4-19-7(2)8(5-16-19)11-17-9-10(13)14-6-15-12(9)18(11)3;1-10(2,3)14-9(13)11-7-4-5-8(12)6-7/h11-12,14-15H,7-10H2,1-6H3,(H,26,30);5-6H,4H2,1-3H3;7-8,12H,4-6H2,1-3H3,(H,11,13). The number of imidazole rings is 2. The van der Waals surface area contributed by atoms with Crippen LogP contribution < -0.4 is 15.4 Å². The van der Waals surface area contributed by atoms with E-state index in [1.807, 2.05) is 100 Å². The van der Waals surface area contributed by atoms with Gasteiger partial charge in [0.25, 0.3) is 0 Å². The van der Waals surface area contributed by atoms with E-state index in [0.717, 1.165) is 78.6 Å². The number of alkyl carbamates (subject to hydrolysis) is 2. The highest BCUT2D eigenvalue weighted by molar-refractivity contribution is 6.33. The highest BCUT2D eigenvalue weighted by Crippen LogP contribution is 2.32. The topological polar surface area (TPSA) is 229 Å². The number of halogens is 1. The zero-order valence-corrected chi connectivity index (χ0v) is 40.3. The van der Waals surface area contributed by atoms with Gasteiger partial charge in [0.1, 0.15) is 47.1 Å². The van der Waals surface area contributed by atoms with Gasteiger partial charge in [0, 0.05) is 57.1 Å². The Morgan fingerprint density at radius 3 is 1.66 bits per heavy atom. The molecule has 2 aliphatic rings. The van der Waals surface area contributed by atoms with Crippen LogP contribution in [-0.2, 0) is 36.7 Å². The average molecular weight is 920 g/mol. The predicted octanol–water partition coefficient (Wildman–Crippen LogP) is 7.01. The molecule has 4 unspecified atom stereocenters. The summed E-state index contributed by atoms with van der Waals surface area (Å²) in [7, 11) is 3.84. The lowest BCUT2D eigenvalue weighted by atomic mass is 10.2. The summed E-state index contributed by atoms with van der Waals surface area (Å²) in [5, 5.41) is 24.1. The number of carbonyl (C=O) groups is 2. The van der Waals surface area contributed by atoms with Crippen LogP contribution in [-0.4, -0.2) is 111 Å². The first-order chi connectivity index (χ1) is 30.7. The van der Waals surface area contributed by atoms with Crippen molar-refractivity contribution in [1.29, 1.82) is 0 Å². The smallest absolute Gasteiger partial charge is 0.407 e. The summed E-state index contributed by atoms with van der Waals surface area (Å²) in [5.41, 5.74) is 5.75. The number of ether oxygens (including phenoxy) is 3. The van der Waals surface area contributed by atoms with Crippen LogP contribution in [0.5, 0.6) is 5.88 Å². The Balaban J connectivity index is 0.000000179.